The number of rotatable bonds is 2. The minimum atomic E-state index is -0.694. The van der Waals surface area contributed by atoms with E-state index in [1.807, 2.05) is 6.92 Å². The van der Waals surface area contributed by atoms with E-state index in [0.717, 1.165) is 22.2 Å². The number of nitrogens with two attached hydrogens (primary N) is 1. The van der Waals surface area contributed by atoms with E-state index >= 15 is 0 Å². The van der Waals surface area contributed by atoms with E-state index in [9.17, 15) is 10.2 Å². The predicted molar refractivity (Wildman–Crippen MR) is 58.7 cm³/mol. The molecule has 1 unspecified atom stereocenters. The highest BCUT2D eigenvalue weighted by Crippen LogP contribution is 2.29. The third-order valence-electron chi connectivity index (χ3n) is 2.58. The van der Waals surface area contributed by atoms with Gasteiger partial charge in [0.15, 0.2) is 0 Å². The van der Waals surface area contributed by atoms with Gasteiger partial charge in [-0.1, -0.05) is 0 Å². The van der Waals surface area contributed by atoms with Crippen molar-refractivity contribution in [1.82, 2.24) is 4.98 Å². The minimum Gasteiger partial charge on any atom is -0.508 e. The largest absolute Gasteiger partial charge is 0.508 e. The predicted octanol–water partition coefficient (Wildman–Crippen LogP) is 1.17. The van der Waals surface area contributed by atoms with E-state index in [-0.39, 0.29) is 12.3 Å². The minimum absolute atomic E-state index is 0.170. The molecule has 0 saturated heterocycles. The van der Waals surface area contributed by atoms with Gasteiger partial charge in [-0.2, -0.15) is 0 Å². The molecule has 0 aliphatic rings. The van der Waals surface area contributed by atoms with E-state index in [1.54, 1.807) is 18.2 Å². The number of aliphatic hydroxyl groups excluding tert-OH is 1. The Kier molecular flexibility index (Phi) is 2.38. The van der Waals surface area contributed by atoms with E-state index in [0.29, 0.717) is 0 Å². The summed E-state index contributed by atoms with van der Waals surface area (Å²) in [4.78, 5) is 3.14. The summed E-state index contributed by atoms with van der Waals surface area (Å²) < 4.78 is 0. The Labute approximate surface area is 87.3 Å². The molecule has 0 saturated carbocycles. The van der Waals surface area contributed by atoms with Gasteiger partial charge in [-0.15, -0.1) is 0 Å². The van der Waals surface area contributed by atoms with Gasteiger partial charge in [-0.3, -0.25) is 0 Å². The number of phenols is 1. The van der Waals surface area contributed by atoms with Gasteiger partial charge in [-0.25, -0.2) is 0 Å². The summed E-state index contributed by atoms with van der Waals surface area (Å²) >= 11 is 0. The molecule has 0 amide bonds. The Morgan fingerprint density at radius 1 is 1.47 bits per heavy atom. The molecule has 15 heavy (non-hydrogen) atoms. The number of aryl methyl sites for hydroxylation is 1. The van der Waals surface area contributed by atoms with Crippen LogP contribution in [0.15, 0.2) is 18.2 Å². The summed E-state index contributed by atoms with van der Waals surface area (Å²) in [6.45, 7) is 2.05. The summed E-state index contributed by atoms with van der Waals surface area (Å²) in [6.07, 6.45) is -0.694. The molecule has 1 atom stereocenters. The lowest BCUT2D eigenvalue weighted by molar-refractivity contribution is 0.187. The number of aromatic amines is 1. The van der Waals surface area contributed by atoms with E-state index in [4.69, 9.17) is 5.73 Å². The van der Waals surface area contributed by atoms with Crippen molar-refractivity contribution in [2.24, 2.45) is 5.73 Å². The van der Waals surface area contributed by atoms with Crippen LogP contribution in [0.4, 0.5) is 0 Å². The molecule has 5 N–H and O–H groups in total. The van der Waals surface area contributed by atoms with Crippen molar-refractivity contribution < 1.29 is 10.2 Å². The Balaban J connectivity index is 2.70. The van der Waals surface area contributed by atoms with E-state index in [2.05, 4.69) is 4.98 Å². The van der Waals surface area contributed by atoms with Crippen LogP contribution in [0.5, 0.6) is 5.75 Å². The normalized spacial score (nSPS) is 13.3. The number of aromatic nitrogens is 1. The number of H-pyrrole nitrogens is 1. The number of fused-ring (bicyclic) bond motifs is 1. The zero-order valence-corrected chi connectivity index (χ0v) is 8.49. The summed E-state index contributed by atoms with van der Waals surface area (Å²) in [5.74, 6) is 0.187. The molecule has 2 aromatic rings. The van der Waals surface area contributed by atoms with Gasteiger partial charge in [0.25, 0.3) is 0 Å². The van der Waals surface area contributed by atoms with Crippen molar-refractivity contribution >= 4 is 10.9 Å². The number of hydrogen-bond donors (Lipinski definition) is 4. The standard InChI is InChI=1S/C11H14N2O2/c1-6-11(10(15)5-12)8-4-7(14)2-3-9(8)13-6/h2-4,10,13-15H,5,12H2,1H3. The molecule has 1 aromatic heterocycles. The Morgan fingerprint density at radius 3 is 2.87 bits per heavy atom. The molecule has 0 aliphatic heterocycles. The second kappa shape index (κ2) is 3.56. The van der Waals surface area contributed by atoms with Crippen LogP contribution in [-0.4, -0.2) is 21.7 Å². The smallest absolute Gasteiger partial charge is 0.116 e. The Bertz CT molecular complexity index is 491. The quantitative estimate of drug-likeness (QED) is 0.595. The number of hydrogen-bond acceptors (Lipinski definition) is 3. The molecule has 0 spiro atoms. The zero-order chi connectivity index (χ0) is 11.0. The Morgan fingerprint density at radius 2 is 2.20 bits per heavy atom. The van der Waals surface area contributed by atoms with Gasteiger partial charge >= 0.3 is 0 Å². The molecule has 80 valence electrons. The molecular weight excluding hydrogens is 192 g/mol. The third-order valence-corrected chi connectivity index (χ3v) is 2.58. The lowest BCUT2D eigenvalue weighted by Gasteiger charge is -2.07. The first-order valence-electron chi connectivity index (χ1n) is 4.83. The summed E-state index contributed by atoms with van der Waals surface area (Å²) in [6, 6.07) is 5.02. The van der Waals surface area contributed by atoms with Crippen molar-refractivity contribution in [3.8, 4) is 5.75 Å². The number of phenolic OH excluding ortho intramolecular Hbond substituents is 1. The highest BCUT2D eigenvalue weighted by Gasteiger charge is 2.15. The maximum absolute atomic E-state index is 9.76. The van der Waals surface area contributed by atoms with Crippen LogP contribution < -0.4 is 5.73 Å². The first-order valence-corrected chi connectivity index (χ1v) is 4.83. The van der Waals surface area contributed by atoms with Crippen molar-refractivity contribution in [3.05, 3.63) is 29.5 Å². The zero-order valence-electron chi connectivity index (χ0n) is 8.49. The van der Waals surface area contributed by atoms with Crippen LogP contribution in [-0.2, 0) is 0 Å². The third kappa shape index (κ3) is 1.58. The summed E-state index contributed by atoms with van der Waals surface area (Å²) in [5.41, 5.74) is 7.98. The number of benzene rings is 1. The lowest BCUT2D eigenvalue weighted by Crippen LogP contribution is -2.12. The topological polar surface area (TPSA) is 82.3 Å². The van der Waals surface area contributed by atoms with Crippen LogP contribution >= 0.6 is 0 Å². The maximum Gasteiger partial charge on any atom is 0.116 e. The van der Waals surface area contributed by atoms with Crippen molar-refractivity contribution in [3.63, 3.8) is 0 Å². The second-order valence-electron chi connectivity index (χ2n) is 3.65. The van der Waals surface area contributed by atoms with Gasteiger partial charge < -0.3 is 20.9 Å². The molecular formula is C11H14N2O2. The van der Waals surface area contributed by atoms with Crippen LogP contribution in [0.3, 0.4) is 0 Å². The van der Waals surface area contributed by atoms with Crippen molar-refractivity contribution in [2.75, 3.05) is 6.54 Å². The van der Waals surface area contributed by atoms with Gasteiger partial charge in [0.05, 0.1) is 6.10 Å². The maximum atomic E-state index is 9.76. The van der Waals surface area contributed by atoms with Gasteiger partial charge in [0.1, 0.15) is 5.75 Å². The van der Waals surface area contributed by atoms with Crippen LogP contribution in [0, 0.1) is 6.92 Å². The second-order valence-corrected chi connectivity index (χ2v) is 3.65. The summed E-state index contributed by atoms with van der Waals surface area (Å²) in [5, 5.41) is 20.0. The molecule has 0 radical (unpaired) electrons. The SMILES string of the molecule is Cc1[nH]c2ccc(O)cc2c1C(O)CN. The molecule has 0 aliphatic carbocycles. The fraction of sp³-hybridized carbons (Fsp3) is 0.273. The van der Waals surface area contributed by atoms with Crippen molar-refractivity contribution in [2.45, 2.75) is 13.0 Å². The van der Waals surface area contributed by atoms with Crippen LogP contribution in [0.25, 0.3) is 10.9 Å². The number of aliphatic hydroxyl groups is 1. The first kappa shape index (κ1) is 10.0. The number of nitrogens with one attached hydrogen (secondary N) is 1. The average Bonchev–Trinajstić information content (AvgIpc) is 2.52. The molecule has 0 fully saturated rings. The van der Waals surface area contributed by atoms with Gasteiger partial charge in [-0.05, 0) is 25.1 Å². The molecule has 4 heteroatoms. The van der Waals surface area contributed by atoms with Gasteiger partial charge in [0.2, 0.25) is 0 Å². The molecule has 1 heterocycles. The number of aromatic hydroxyl groups is 1. The van der Waals surface area contributed by atoms with Crippen molar-refractivity contribution in [1.29, 1.82) is 0 Å². The molecule has 0 bridgehead atoms. The Hall–Kier alpha value is -1.52. The fourth-order valence-corrected chi connectivity index (χ4v) is 1.88. The first-order chi connectivity index (χ1) is 7.13. The average molecular weight is 206 g/mol. The fourth-order valence-electron chi connectivity index (χ4n) is 1.88. The van der Waals surface area contributed by atoms with Crippen LogP contribution in [0.1, 0.15) is 17.4 Å². The highest BCUT2D eigenvalue weighted by atomic mass is 16.3. The van der Waals surface area contributed by atoms with Gasteiger partial charge in [0, 0.05) is 28.7 Å². The highest BCUT2D eigenvalue weighted by molar-refractivity contribution is 5.86. The summed E-state index contributed by atoms with van der Waals surface area (Å²) in [7, 11) is 0. The van der Waals surface area contributed by atoms with E-state index < -0.39 is 6.10 Å². The lowest BCUT2D eigenvalue weighted by atomic mass is 10.1. The molecule has 4 nitrogen and oxygen atoms in total. The molecule has 2 rings (SSSR count). The molecule has 1 aromatic carbocycles. The monoisotopic (exact) mass is 206 g/mol. The van der Waals surface area contributed by atoms with Crippen LogP contribution in [0.2, 0.25) is 0 Å². The van der Waals surface area contributed by atoms with E-state index in [1.165, 1.54) is 0 Å².